The molecule has 1 aliphatic rings. The minimum Gasteiger partial charge on any atom is -0.346 e. The van der Waals surface area contributed by atoms with Crippen LogP contribution in [0.2, 0.25) is 5.02 Å². The Bertz CT molecular complexity index is 1070. The zero-order valence-corrected chi connectivity index (χ0v) is 16.2. The predicted octanol–water partition coefficient (Wildman–Crippen LogP) is 3.88. The van der Waals surface area contributed by atoms with Crippen molar-refractivity contribution in [1.82, 2.24) is 19.9 Å². The Balaban J connectivity index is 1.69. The lowest BCUT2D eigenvalue weighted by molar-refractivity contribution is 0.0943. The molecule has 2 aromatic heterocycles. The van der Waals surface area contributed by atoms with E-state index in [1.165, 1.54) is 6.42 Å². The van der Waals surface area contributed by atoms with Crippen LogP contribution in [0.15, 0.2) is 47.4 Å². The molecule has 1 aromatic carbocycles. The van der Waals surface area contributed by atoms with Crippen molar-refractivity contribution in [3.63, 3.8) is 0 Å². The zero-order chi connectivity index (χ0) is 19.5. The summed E-state index contributed by atoms with van der Waals surface area (Å²) in [5.74, 6) is -0.486. The first-order valence-electron chi connectivity index (χ1n) is 9.53. The van der Waals surface area contributed by atoms with E-state index in [1.807, 2.05) is 12.1 Å². The van der Waals surface area contributed by atoms with E-state index in [4.69, 9.17) is 11.6 Å². The second kappa shape index (κ2) is 8.10. The van der Waals surface area contributed by atoms with Gasteiger partial charge in [-0.2, -0.15) is 0 Å². The molecule has 7 heteroatoms. The average Bonchev–Trinajstić information content (AvgIpc) is 2.72. The van der Waals surface area contributed by atoms with Crippen molar-refractivity contribution in [2.24, 2.45) is 0 Å². The minimum absolute atomic E-state index is 0.0566. The number of pyridine rings is 1. The fourth-order valence-corrected chi connectivity index (χ4v) is 3.99. The first-order valence-corrected chi connectivity index (χ1v) is 9.91. The molecule has 0 spiro atoms. The van der Waals surface area contributed by atoms with Crippen LogP contribution in [0.4, 0.5) is 0 Å². The van der Waals surface area contributed by atoms with Gasteiger partial charge in [0.2, 0.25) is 0 Å². The van der Waals surface area contributed by atoms with Gasteiger partial charge in [0, 0.05) is 23.8 Å². The lowest BCUT2D eigenvalue weighted by atomic mass is 9.95. The summed E-state index contributed by atoms with van der Waals surface area (Å²) in [6.45, 7) is 0.273. The number of fused-ring (bicyclic) bond motifs is 1. The van der Waals surface area contributed by atoms with Crippen molar-refractivity contribution in [1.29, 1.82) is 0 Å². The normalized spacial score (nSPS) is 14.9. The minimum atomic E-state index is -0.486. The second-order valence-corrected chi connectivity index (χ2v) is 7.52. The van der Waals surface area contributed by atoms with E-state index in [0.717, 1.165) is 31.2 Å². The number of rotatable bonds is 4. The Kier molecular flexibility index (Phi) is 5.39. The van der Waals surface area contributed by atoms with E-state index < -0.39 is 5.91 Å². The highest BCUT2D eigenvalue weighted by Crippen LogP contribution is 2.28. The quantitative estimate of drug-likeness (QED) is 0.726. The zero-order valence-electron chi connectivity index (χ0n) is 15.4. The topological polar surface area (TPSA) is 76.9 Å². The van der Waals surface area contributed by atoms with Crippen LogP contribution < -0.4 is 10.9 Å². The van der Waals surface area contributed by atoms with E-state index >= 15 is 0 Å². The number of amides is 1. The lowest BCUT2D eigenvalue weighted by Crippen LogP contribution is -2.36. The first kappa shape index (κ1) is 18.6. The van der Waals surface area contributed by atoms with Crippen molar-refractivity contribution in [3.8, 4) is 0 Å². The molecular weight excluding hydrogens is 376 g/mol. The van der Waals surface area contributed by atoms with Gasteiger partial charge in [-0.1, -0.05) is 43.0 Å². The van der Waals surface area contributed by atoms with E-state index in [9.17, 15) is 9.59 Å². The molecule has 1 fully saturated rings. The Morgan fingerprint density at radius 2 is 2.00 bits per heavy atom. The van der Waals surface area contributed by atoms with Crippen molar-refractivity contribution in [2.45, 2.75) is 44.7 Å². The van der Waals surface area contributed by atoms with Gasteiger partial charge in [-0.3, -0.25) is 14.2 Å². The standard InChI is InChI=1S/C21H21ClN4O2/c22-15-7-4-6-14(12-15)13-24-20(27)18-21(28)26(16-8-2-1-3-9-16)19-17(25-18)10-5-11-23-19/h4-7,10-12,16H,1-3,8-9,13H2,(H,24,27). The van der Waals surface area contributed by atoms with Crippen LogP contribution in [0.3, 0.4) is 0 Å². The second-order valence-electron chi connectivity index (χ2n) is 7.09. The monoisotopic (exact) mass is 396 g/mol. The van der Waals surface area contributed by atoms with Crippen LogP contribution in [0.5, 0.6) is 0 Å². The highest BCUT2D eigenvalue weighted by molar-refractivity contribution is 6.30. The third kappa shape index (κ3) is 3.78. The van der Waals surface area contributed by atoms with Crippen LogP contribution in [-0.4, -0.2) is 20.4 Å². The maximum Gasteiger partial charge on any atom is 0.284 e. The number of carbonyl (C=O) groups excluding carboxylic acids is 1. The Hall–Kier alpha value is -2.73. The summed E-state index contributed by atoms with van der Waals surface area (Å²) in [4.78, 5) is 34.6. The number of nitrogens with zero attached hydrogens (tertiary/aromatic N) is 3. The Labute approximate surface area is 167 Å². The largest absolute Gasteiger partial charge is 0.346 e. The highest BCUT2D eigenvalue weighted by Gasteiger charge is 2.24. The van der Waals surface area contributed by atoms with Crippen LogP contribution in [-0.2, 0) is 6.54 Å². The summed E-state index contributed by atoms with van der Waals surface area (Å²) in [6.07, 6.45) is 6.81. The maximum absolute atomic E-state index is 13.2. The Morgan fingerprint density at radius 3 is 2.79 bits per heavy atom. The molecule has 0 aliphatic heterocycles. The first-order chi connectivity index (χ1) is 13.6. The molecule has 0 atom stereocenters. The molecule has 1 aliphatic carbocycles. The van der Waals surface area contributed by atoms with Gasteiger partial charge in [0.1, 0.15) is 5.52 Å². The fourth-order valence-electron chi connectivity index (χ4n) is 3.78. The van der Waals surface area contributed by atoms with Gasteiger partial charge in [0.25, 0.3) is 11.5 Å². The molecule has 1 amide bonds. The van der Waals surface area contributed by atoms with Crippen LogP contribution in [0.1, 0.15) is 54.2 Å². The summed E-state index contributed by atoms with van der Waals surface area (Å²) in [5.41, 5.74) is 1.50. The van der Waals surface area contributed by atoms with Crippen LogP contribution in [0, 0.1) is 0 Å². The molecule has 0 bridgehead atoms. The average molecular weight is 397 g/mol. The molecule has 0 radical (unpaired) electrons. The molecule has 0 unspecified atom stereocenters. The smallest absolute Gasteiger partial charge is 0.284 e. The number of carbonyl (C=O) groups is 1. The fraction of sp³-hybridized carbons (Fsp3) is 0.333. The van der Waals surface area contributed by atoms with E-state index in [-0.39, 0.29) is 23.8 Å². The van der Waals surface area contributed by atoms with E-state index in [0.29, 0.717) is 16.2 Å². The highest BCUT2D eigenvalue weighted by atomic mass is 35.5. The summed E-state index contributed by atoms with van der Waals surface area (Å²) in [5, 5.41) is 3.38. The van der Waals surface area contributed by atoms with Gasteiger partial charge >= 0.3 is 0 Å². The van der Waals surface area contributed by atoms with E-state index in [2.05, 4.69) is 15.3 Å². The lowest BCUT2D eigenvalue weighted by Gasteiger charge is -2.25. The van der Waals surface area contributed by atoms with Crippen molar-refractivity contribution >= 4 is 28.7 Å². The molecule has 3 aromatic rings. The molecule has 144 valence electrons. The van der Waals surface area contributed by atoms with Crippen LogP contribution >= 0.6 is 11.6 Å². The van der Waals surface area contributed by atoms with E-state index in [1.54, 1.807) is 35.0 Å². The molecule has 1 N–H and O–H groups in total. The number of hydrogen-bond donors (Lipinski definition) is 1. The van der Waals surface area contributed by atoms with Gasteiger partial charge in [-0.25, -0.2) is 9.97 Å². The number of halogens is 1. The van der Waals surface area contributed by atoms with Gasteiger partial charge < -0.3 is 5.32 Å². The Morgan fingerprint density at radius 1 is 1.18 bits per heavy atom. The van der Waals surface area contributed by atoms with Gasteiger partial charge in [-0.05, 0) is 42.7 Å². The molecule has 6 nitrogen and oxygen atoms in total. The molecule has 1 saturated carbocycles. The molecule has 2 heterocycles. The third-order valence-electron chi connectivity index (χ3n) is 5.14. The number of aromatic nitrogens is 3. The number of nitrogens with one attached hydrogen (secondary N) is 1. The molecule has 4 rings (SSSR count). The third-order valence-corrected chi connectivity index (χ3v) is 5.38. The van der Waals surface area contributed by atoms with Gasteiger partial charge in [0.05, 0.1) is 0 Å². The summed E-state index contributed by atoms with van der Waals surface area (Å²) < 4.78 is 1.68. The molecule has 28 heavy (non-hydrogen) atoms. The van der Waals surface area contributed by atoms with Crippen molar-refractivity contribution in [2.75, 3.05) is 0 Å². The van der Waals surface area contributed by atoms with Gasteiger partial charge in [-0.15, -0.1) is 0 Å². The van der Waals surface area contributed by atoms with Crippen LogP contribution in [0.25, 0.3) is 11.2 Å². The predicted molar refractivity (Wildman–Crippen MR) is 109 cm³/mol. The number of hydrogen-bond acceptors (Lipinski definition) is 4. The molecule has 0 saturated heterocycles. The van der Waals surface area contributed by atoms with Crippen molar-refractivity contribution < 1.29 is 4.79 Å². The number of benzene rings is 1. The van der Waals surface area contributed by atoms with Crippen molar-refractivity contribution in [3.05, 3.63) is 69.2 Å². The summed E-state index contributed by atoms with van der Waals surface area (Å²) >= 11 is 5.99. The molecular formula is C21H21ClN4O2. The maximum atomic E-state index is 13.2. The summed E-state index contributed by atoms with van der Waals surface area (Å²) in [7, 11) is 0. The van der Waals surface area contributed by atoms with Gasteiger partial charge in [0.15, 0.2) is 11.3 Å². The SMILES string of the molecule is O=C(NCc1cccc(Cl)c1)c1nc2cccnc2n(C2CCCCC2)c1=O. The summed E-state index contributed by atoms with van der Waals surface area (Å²) in [6, 6.07) is 10.8.